The smallest absolute Gasteiger partial charge is 0.407 e. The molecule has 0 aromatic heterocycles. The molecule has 33 heavy (non-hydrogen) atoms. The Balaban J connectivity index is 1.29. The van der Waals surface area contributed by atoms with E-state index >= 15 is 0 Å². The number of benzene rings is 3. The van der Waals surface area contributed by atoms with Crippen LogP contribution in [0.5, 0.6) is 0 Å². The van der Waals surface area contributed by atoms with Gasteiger partial charge in [-0.15, -0.1) is 0 Å². The monoisotopic (exact) mass is 443 g/mol. The van der Waals surface area contributed by atoms with E-state index in [4.69, 9.17) is 4.74 Å². The first-order chi connectivity index (χ1) is 16.1. The van der Waals surface area contributed by atoms with Crippen molar-refractivity contribution in [2.45, 2.75) is 12.3 Å². The maximum absolute atomic E-state index is 13.7. The molecule has 0 heterocycles. The third-order valence-electron chi connectivity index (χ3n) is 5.41. The van der Waals surface area contributed by atoms with Gasteiger partial charge in [0.05, 0.1) is 12.7 Å². The van der Waals surface area contributed by atoms with Gasteiger partial charge in [-0.25, -0.2) is 14.0 Å². The minimum absolute atomic E-state index is 0.0000692. The highest BCUT2D eigenvalue weighted by Crippen LogP contribution is 2.44. The lowest BCUT2D eigenvalue weighted by atomic mass is 9.98. The number of hydrogen-bond acceptors (Lipinski definition) is 4. The molecule has 1 aliphatic rings. The summed E-state index contributed by atoms with van der Waals surface area (Å²) in [7, 11) is 1.23. The van der Waals surface area contributed by atoms with Crippen LogP contribution in [-0.4, -0.2) is 32.3 Å². The molecule has 0 fully saturated rings. The standard InChI is InChI=1S/C27H22FNO4/c1-32-26(30)19-14-18(15-20(28)16-19)8-6-7-13-29-27(31)33-17-25-23-11-4-2-9-21(23)22-10-3-5-12-24(22)25/h2-5,9-12,14-16,25H,7,13,17H2,1H3,(H,29,31). The van der Waals surface area contributed by atoms with Gasteiger partial charge in [0.1, 0.15) is 12.4 Å². The Morgan fingerprint density at radius 3 is 2.33 bits per heavy atom. The number of carbonyl (C=O) groups excluding carboxylic acids is 2. The number of halogens is 1. The Kier molecular flexibility index (Phi) is 6.70. The summed E-state index contributed by atoms with van der Waals surface area (Å²) in [6, 6.07) is 20.1. The molecule has 0 saturated heterocycles. The lowest BCUT2D eigenvalue weighted by Crippen LogP contribution is -2.26. The molecular weight excluding hydrogens is 421 g/mol. The molecule has 166 valence electrons. The predicted octanol–water partition coefficient (Wildman–Crippen LogP) is 4.89. The maximum atomic E-state index is 13.7. The van der Waals surface area contributed by atoms with E-state index in [0.29, 0.717) is 12.0 Å². The fourth-order valence-electron chi connectivity index (χ4n) is 3.94. The summed E-state index contributed by atoms with van der Waals surface area (Å²) in [4.78, 5) is 23.7. The van der Waals surface area contributed by atoms with Crippen LogP contribution in [0.4, 0.5) is 9.18 Å². The van der Waals surface area contributed by atoms with Crippen LogP contribution in [0.1, 0.15) is 39.4 Å². The molecule has 3 aromatic carbocycles. The van der Waals surface area contributed by atoms with Crippen LogP contribution < -0.4 is 5.32 Å². The van der Waals surface area contributed by atoms with Gasteiger partial charge in [-0.05, 0) is 40.5 Å². The predicted molar refractivity (Wildman–Crippen MR) is 122 cm³/mol. The number of carbonyl (C=O) groups is 2. The minimum atomic E-state index is -0.630. The zero-order valence-electron chi connectivity index (χ0n) is 18.1. The number of amides is 1. The number of rotatable bonds is 5. The largest absolute Gasteiger partial charge is 0.465 e. The third kappa shape index (κ3) is 5.04. The molecule has 3 aromatic rings. The first-order valence-electron chi connectivity index (χ1n) is 10.5. The van der Waals surface area contributed by atoms with E-state index in [9.17, 15) is 14.0 Å². The number of esters is 1. The summed E-state index contributed by atoms with van der Waals surface area (Å²) >= 11 is 0. The SMILES string of the molecule is COC(=O)c1cc(F)cc(C#CCCNC(=O)OCC2c3ccccc3-c3ccccc32)c1. The summed E-state index contributed by atoms with van der Waals surface area (Å²) < 4.78 is 23.7. The molecule has 1 N–H and O–H groups in total. The molecule has 0 saturated carbocycles. The van der Waals surface area contributed by atoms with Crippen LogP contribution in [0.25, 0.3) is 11.1 Å². The molecule has 0 bridgehead atoms. The summed E-state index contributed by atoms with van der Waals surface area (Å²) in [5.74, 6) is 4.44. The Labute approximate surface area is 191 Å². The Morgan fingerprint density at radius 2 is 1.67 bits per heavy atom. The summed E-state index contributed by atoms with van der Waals surface area (Å²) in [5, 5.41) is 2.68. The van der Waals surface area contributed by atoms with Crippen LogP contribution in [-0.2, 0) is 9.47 Å². The zero-order valence-corrected chi connectivity index (χ0v) is 18.1. The quantitative estimate of drug-likeness (QED) is 0.346. The maximum Gasteiger partial charge on any atom is 0.407 e. The molecule has 1 aliphatic carbocycles. The molecule has 0 unspecified atom stereocenters. The molecule has 6 heteroatoms. The van der Waals surface area contributed by atoms with E-state index in [2.05, 4.69) is 46.2 Å². The van der Waals surface area contributed by atoms with Gasteiger partial charge in [-0.3, -0.25) is 0 Å². The molecule has 0 spiro atoms. The Bertz CT molecular complexity index is 1210. The van der Waals surface area contributed by atoms with Crippen LogP contribution in [0.3, 0.4) is 0 Å². The van der Waals surface area contributed by atoms with Crippen molar-refractivity contribution in [1.82, 2.24) is 5.32 Å². The Morgan fingerprint density at radius 1 is 1.00 bits per heavy atom. The van der Waals surface area contributed by atoms with Crippen molar-refractivity contribution in [2.24, 2.45) is 0 Å². The van der Waals surface area contributed by atoms with Gasteiger partial charge in [0.2, 0.25) is 0 Å². The number of alkyl carbamates (subject to hydrolysis) is 1. The van der Waals surface area contributed by atoms with Crippen molar-refractivity contribution in [3.63, 3.8) is 0 Å². The number of fused-ring (bicyclic) bond motifs is 3. The van der Waals surface area contributed by atoms with Gasteiger partial charge in [-0.1, -0.05) is 60.4 Å². The number of methoxy groups -OCH3 is 1. The molecule has 5 nitrogen and oxygen atoms in total. The second-order valence-electron chi connectivity index (χ2n) is 7.52. The molecule has 0 aliphatic heterocycles. The minimum Gasteiger partial charge on any atom is -0.465 e. The average Bonchev–Trinajstić information content (AvgIpc) is 3.15. The lowest BCUT2D eigenvalue weighted by molar-refractivity contribution is 0.0600. The summed E-state index contributed by atoms with van der Waals surface area (Å²) in [6.45, 7) is 0.522. The highest BCUT2D eigenvalue weighted by Gasteiger charge is 2.28. The van der Waals surface area contributed by atoms with Crippen molar-refractivity contribution in [3.05, 3.63) is 94.8 Å². The molecule has 0 radical (unpaired) electrons. The second-order valence-corrected chi connectivity index (χ2v) is 7.52. The zero-order chi connectivity index (χ0) is 23.2. The Hall–Kier alpha value is -4.11. The number of hydrogen-bond donors (Lipinski definition) is 1. The van der Waals surface area contributed by atoms with Gasteiger partial charge in [0, 0.05) is 24.4 Å². The summed E-state index contributed by atoms with van der Waals surface area (Å²) in [5.41, 5.74) is 5.10. The van der Waals surface area contributed by atoms with Crippen LogP contribution >= 0.6 is 0 Å². The molecule has 0 atom stereocenters. The van der Waals surface area contributed by atoms with Crippen molar-refractivity contribution in [1.29, 1.82) is 0 Å². The highest BCUT2D eigenvalue weighted by molar-refractivity contribution is 5.89. The fraction of sp³-hybridized carbons (Fsp3) is 0.185. The van der Waals surface area contributed by atoms with Crippen LogP contribution in [0, 0.1) is 17.7 Å². The second kappa shape index (κ2) is 10.0. The molecule has 4 rings (SSSR count). The van der Waals surface area contributed by atoms with Crippen LogP contribution in [0.2, 0.25) is 0 Å². The van der Waals surface area contributed by atoms with E-state index < -0.39 is 17.9 Å². The van der Waals surface area contributed by atoms with E-state index in [0.717, 1.165) is 17.2 Å². The first kappa shape index (κ1) is 22.1. The van der Waals surface area contributed by atoms with E-state index in [-0.39, 0.29) is 24.6 Å². The molecular formula is C27H22FNO4. The third-order valence-corrected chi connectivity index (χ3v) is 5.41. The normalized spacial score (nSPS) is 11.6. The van der Waals surface area contributed by atoms with Gasteiger partial charge < -0.3 is 14.8 Å². The van der Waals surface area contributed by atoms with Crippen molar-refractivity contribution in [3.8, 4) is 23.0 Å². The van der Waals surface area contributed by atoms with Crippen molar-refractivity contribution < 1.29 is 23.5 Å². The van der Waals surface area contributed by atoms with Crippen molar-refractivity contribution in [2.75, 3.05) is 20.3 Å². The van der Waals surface area contributed by atoms with E-state index in [1.165, 1.54) is 30.4 Å². The summed E-state index contributed by atoms with van der Waals surface area (Å²) in [6.07, 6.45) is -0.175. The topological polar surface area (TPSA) is 64.6 Å². The average molecular weight is 443 g/mol. The van der Waals surface area contributed by atoms with Gasteiger partial charge in [0.25, 0.3) is 0 Å². The van der Waals surface area contributed by atoms with Gasteiger partial charge in [-0.2, -0.15) is 0 Å². The van der Waals surface area contributed by atoms with Crippen LogP contribution in [0.15, 0.2) is 66.7 Å². The van der Waals surface area contributed by atoms with Crippen molar-refractivity contribution >= 4 is 12.1 Å². The number of nitrogens with one attached hydrogen (secondary N) is 1. The fourth-order valence-corrected chi connectivity index (χ4v) is 3.94. The first-order valence-corrected chi connectivity index (χ1v) is 10.5. The van der Waals surface area contributed by atoms with Gasteiger partial charge in [0.15, 0.2) is 0 Å². The van der Waals surface area contributed by atoms with E-state index in [1.54, 1.807) is 0 Å². The van der Waals surface area contributed by atoms with E-state index in [1.807, 2.05) is 24.3 Å². The highest BCUT2D eigenvalue weighted by atomic mass is 19.1. The van der Waals surface area contributed by atoms with Gasteiger partial charge >= 0.3 is 12.1 Å². The number of ether oxygens (including phenoxy) is 2. The lowest BCUT2D eigenvalue weighted by Gasteiger charge is -2.14. The molecule has 1 amide bonds.